The Morgan fingerprint density at radius 2 is 1.83 bits per heavy atom. The van der Waals surface area contributed by atoms with Crippen molar-refractivity contribution in [1.29, 1.82) is 0 Å². The molecule has 196 valence electrons. The molecular formula is C25H32F2N4O5. The Morgan fingerprint density at radius 1 is 1.19 bits per heavy atom. The fourth-order valence-corrected chi connectivity index (χ4v) is 4.64. The summed E-state index contributed by atoms with van der Waals surface area (Å²) in [6.45, 7) is 3.80. The fraction of sp³-hybridized carbons (Fsp3) is 0.480. The highest BCUT2D eigenvalue weighted by molar-refractivity contribution is 5.89. The third-order valence-electron chi connectivity index (χ3n) is 6.35. The minimum atomic E-state index is -3.20. The number of anilines is 1. The molecule has 4 N–H and O–H groups in total. The normalized spacial score (nSPS) is 16.9. The predicted octanol–water partition coefficient (Wildman–Crippen LogP) is 2.80. The number of carbonyl (C=O) groups excluding carboxylic acids is 1. The van der Waals surface area contributed by atoms with E-state index in [1.807, 2.05) is 32.0 Å². The maximum atomic E-state index is 13.2. The Bertz CT molecular complexity index is 1110. The maximum Gasteiger partial charge on any atom is 0.388 e. The number of carboxylic acid groups (broad SMARTS) is 1. The topological polar surface area (TPSA) is 129 Å². The van der Waals surface area contributed by atoms with Crippen molar-refractivity contribution in [2.75, 3.05) is 18.1 Å². The minimum absolute atomic E-state index is 0.00233. The van der Waals surface area contributed by atoms with Gasteiger partial charge in [-0.15, -0.1) is 0 Å². The molecule has 0 bridgehead atoms. The molecule has 36 heavy (non-hydrogen) atoms. The number of primary amides is 1. The van der Waals surface area contributed by atoms with Crippen molar-refractivity contribution in [3.8, 4) is 5.88 Å². The van der Waals surface area contributed by atoms with Crippen molar-refractivity contribution in [1.82, 2.24) is 9.99 Å². The molecule has 0 spiro atoms. The Morgan fingerprint density at radius 3 is 2.36 bits per heavy atom. The molecule has 9 nitrogen and oxygen atoms in total. The van der Waals surface area contributed by atoms with Crippen molar-refractivity contribution >= 4 is 17.6 Å². The third-order valence-corrected chi connectivity index (χ3v) is 6.35. The second-order valence-corrected chi connectivity index (χ2v) is 9.45. The van der Waals surface area contributed by atoms with Gasteiger partial charge in [-0.25, -0.2) is 14.8 Å². The van der Waals surface area contributed by atoms with Gasteiger partial charge in [-0.3, -0.25) is 9.80 Å². The van der Waals surface area contributed by atoms with Crippen LogP contribution in [0.1, 0.15) is 49.9 Å². The van der Waals surface area contributed by atoms with E-state index in [0.717, 1.165) is 11.1 Å². The minimum Gasteiger partial charge on any atom is -0.480 e. The summed E-state index contributed by atoms with van der Waals surface area (Å²) in [6, 6.07) is 9.02. The van der Waals surface area contributed by atoms with Gasteiger partial charge in [-0.1, -0.05) is 38.1 Å². The van der Waals surface area contributed by atoms with Crippen molar-refractivity contribution < 1.29 is 33.3 Å². The van der Waals surface area contributed by atoms with E-state index in [-0.39, 0.29) is 31.1 Å². The second-order valence-electron chi connectivity index (χ2n) is 9.45. The Kier molecular flexibility index (Phi) is 8.15. The van der Waals surface area contributed by atoms with E-state index in [1.54, 1.807) is 18.0 Å². The number of rotatable bonds is 11. The molecule has 1 aliphatic rings. The highest BCUT2D eigenvalue weighted by Crippen LogP contribution is 2.43. The molecule has 1 aliphatic heterocycles. The van der Waals surface area contributed by atoms with Crippen molar-refractivity contribution in [2.24, 2.45) is 5.73 Å². The van der Waals surface area contributed by atoms with Gasteiger partial charge in [0.25, 0.3) is 0 Å². The number of benzene rings is 1. The Balaban J connectivity index is 2.11. The molecule has 0 radical (unpaired) electrons. The summed E-state index contributed by atoms with van der Waals surface area (Å²) in [7, 11) is 0. The van der Waals surface area contributed by atoms with Crippen LogP contribution >= 0.6 is 0 Å². The lowest BCUT2D eigenvalue weighted by Crippen LogP contribution is -2.72. The number of aliphatic carboxylic acids is 1. The molecule has 3 rings (SSSR count). The van der Waals surface area contributed by atoms with Gasteiger partial charge < -0.3 is 20.7 Å². The first kappa shape index (κ1) is 27.3. The average molecular weight is 507 g/mol. The lowest BCUT2D eigenvalue weighted by atomic mass is 9.70. The van der Waals surface area contributed by atoms with Crippen LogP contribution in [0.3, 0.4) is 0 Å². The van der Waals surface area contributed by atoms with Crippen LogP contribution in [-0.2, 0) is 15.0 Å². The second kappa shape index (κ2) is 10.8. The van der Waals surface area contributed by atoms with Gasteiger partial charge in [0, 0.05) is 25.2 Å². The maximum absolute atomic E-state index is 13.2. The third kappa shape index (κ3) is 5.41. The van der Waals surface area contributed by atoms with E-state index in [1.165, 1.54) is 24.1 Å². The monoisotopic (exact) mass is 506 g/mol. The standard InChI is InChI=1S/C25H32F2N4O5/c1-14(2)17-7-5-6-8-18(17)25(23(28)35)12-30(13-25)31(20(22(33)34)11-16(4)32)19-10-9-15(3)29-21(19)36-24(26)27/h5-10,14,16,20,24,32H,11-13H2,1-4H3,(H2,28,35)(H,33,34)/t16-,20-/m1/s1. The SMILES string of the molecule is Cc1ccc(N([C@H](C[C@@H](C)O)C(=O)O)N2CC(C(N)=O)(c3ccccc3C(C)C)C2)c(OC(F)F)n1. The van der Waals surface area contributed by atoms with Gasteiger partial charge in [0.05, 0.1) is 6.10 Å². The van der Waals surface area contributed by atoms with Crippen molar-refractivity contribution in [2.45, 2.75) is 64.2 Å². The lowest BCUT2D eigenvalue weighted by molar-refractivity contribution is -0.142. The summed E-state index contributed by atoms with van der Waals surface area (Å²) in [6.07, 6.45) is -1.24. The number of hydrogen-bond acceptors (Lipinski definition) is 7. The number of alkyl halides is 2. The summed E-state index contributed by atoms with van der Waals surface area (Å²) < 4.78 is 31.1. The van der Waals surface area contributed by atoms with E-state index in [4.69, 9.17) is 5.73 Å². The molecule has 0 unspecified atom stereocenters. The Hall–Kier alpha value is -3.31. The summed E-state index contributed by atoms with van der Waals surface area (Å²) in [5.41, 5.74) is 6.79. The zero-order chi connectivity index (χ0) is 26.8. The van der Waals surface area contributed by atoms with Crippen LogP contribution in [0.5, 0.6) is 5.88 Å². The summed E-state index contributed by atoms with van der Waals surface area (Å²) in [5.74, 6) is -2.24. The van der Waals surface area contributed by atoms with Gasteiger partial charge in [-0.2, -0.15) is 8.78 Å². The van der Waals surface area contributed by atoms with Crippen LogP contribution in [0, 0.1) is 6.92 Å². The number of aryl methyl sites for hydroxylation is 1. The molecule has 2 atom stereocenters. The predicted molar refractivity (Wildman–Crippen MR) is 129 cm³/mol. The first-order valence-electron chi connectivity index (χ1n) is 11.6. The molecule has 1 saturated heterocycles. The molecule has 1 aromatic heterocycles. The zero-order valence-corrected chi connectivity index (χ0v) is 20.7. The van der Waals surface area contributed by atoms with Crippen LogP contribution in [0.25, 0.3) is 0 Å². The molecule has 1 aromatic carbocycles. The van der Waals surface area contributed by atoms with Crippen LogP contribution in [-0.4, -0.2) is 63.9 Å². The van der Waals surface area contributed by atoms with Gasteiger partial charge >= 0.3 is 12.6 Å². The number of hydrogen-bond donors (Lipinski definition) is 3. The van der Waals surface area contributed by atoms with E-state index >= 15 is 0 Å². The highest BCUT2D eigenvalue weighted by atomic mass is 19.3. The summed E-state index contributed by atoms with van der Waals surface area (Å²) in [4.78, 5) is 29.2. The van der Waals surface area contributed by atoms with Gasteiger partial charge in [-0.05, 0) is 43.0 Å². The number of carbonyl (C=O) groups is 2. The van der Waals surface area contributed by atoms with Crippen molar-refractivity contribution in [3.63, 3.8) is 0 Å². The highest BCUT2D eigenvalue weighted by Gasteiger charge is 2.54. The van der Waals surface area contributed by atoms with E-state index in [0.29, 0.717) is 5.69 Å². The largest absolute Gasteiger partial charge is 0.480 e. The van der Waals surface area contributed by atoms with E-state index in [9.17, 15) is 28.6 Å². The average Bonchev–Trinajstić information content (AvgIpc) is 2.74. The number of ether oxygens (including phenoxy) is 1. The van der Waals surface area contributed by atoms with Crippen molar-refractivity contribution in [3.05, 3.63) is 53.2 Å². The number of carboxylic acids is 1. The Labute approximate surface area is 208 Å². The number of nitrogens with two attached hydrogens (primary N) is 1. The van der Waals surface area contributed by atoms with Gasteiger partial charge in [0.15, 0.2) is 0 Å². The number of aliphatic hydroxyl groups excluding tert-OH is 1. The number of nitrogens with zero attached hydrogens (tertiary/aromatic N) is 3. The quantitative estimate of drug-likeness (QED) is 0.424. The van der Waals surface area contributed by atoms with Crippen LogP contribution in [0.15, 0.2) is 36.4 Å². The molecule has 1 fully saturated rings. The molecule has 2 heterocycles. The molecule has 0 saturated carbocycles. The van der Waals surface area contributed by atoms with Crippen LogP contribution < -0.4 is 15.5 Å². The van der Waals surface area contributed by atoms with Crippen LogP contribution in [0.4, 0.5) is 14.5 Å². The number of halogens is 2. The van der Waals surface area contributed by atoms with E-state index in [2.05, 4.69) is 9.72 Å². The first-order chi connectivity index (χ1) is 16.9. The summed E-state index contributed by atoms with van der Waals surface area (Å²) in [5, 5.41) is 22.9. The molecule has 1 amide bonds. The van der Waals surface area contributed by atoms with Gasteiger partial charge in [0.1, 0.15) is 17.1 Å². The lowest BCUT2D eigenvalue weighted by Gasteiger charge is -2.55. The molecule has 2 aromatic rings. The number of hydrazine groups is 1. The van der Waals surface area contributed by atoms with E-state index < -0.39 is 41.9 Å². The summed E-state index contributed by atoms with van der Waals surface area (Å²) >= 11 is 0. The number of aliphatic hydroxyl groups is 1. The number of aromatic nitrogens is 1. The molecule has 0 aliphatic carbocycles. The number of pyridine rings is 1. The first-order valence-corrected chi connectivity index (χ1v) is 11.6. The van der Waals surface area contributed by atoms with Crippen LogP contribution in [0.2, 0.25) is 0 Å². The number of amides is 1. The van der Waals surface area contributed by atoms with Gasteiger partial charge in [0.2, 0.25) is 11.8 Å². The molecular weight excluding hydrogens is 474 g/mol. The molecule has 11 heteroatoms. The smallest absolute Gasteiger partial charge is 0.388 e. The zero-order valence-electron chi connectivity index (χ0n) is 20.7. The fourth-order valence-electron chi connectivity index (χ4n) is 4.64.